The maximum Gasteiger partial charge on any atom is 0.325 e. The fourth-order valence-corrected chi connectivity index (χ4v) is 1.44. The van der Waals surface area contributed by atoms with Crippen molar-refractivity contribution >= 4 is 23.3 Å². The lowest BCUT2D eigenvalue weighted by Crippen LogP contribution is -2.20. The second kappa shape index (κ2) is 6.35. The van der Waals surface area contributed by atoms with Crippen LogP contribution in [0.25, 0.3) is 0 Å². The smallest absolute Gasteiger partial charge is 0.325 e. The first kappa shape index (κ1) is 13.6. The molecular weight excluding hydrogens is 242 g/mol. The first-order chi connectivity index (χ1) is 8.02. The molecule has 94 valence electrons. The van der Waals surface area contributed by atoms with E-state index in [1.54, 1.807) is 18.2 Å². The molecule has 0 unspecified atom stereocenters. The van der Waals surface area contributed by atoms with E-state index in [-0.39, 0.29) is 18.6 Å². The molecule has 0 saturated heterocycles. The second-order valence-corrected chi connectivity index (χ2v) is 4.15. The highest BCUT2D eigenvalue weighted by atomic mass is 35.5. The van der Waals surface area contributed by atoms with E-state index in [9.17, 15) is 4.79 Å². The van der Waals surface area contributed by atoms with E-state index in [1.807, 2.05) is 13.8 Å². The standard InChI is InChI=1S/C12H16ClNO3/c1-8(2)17-12(15)7-14-9-4-5-10(13)11(6-9)16-3/h4-6,8,14H,7H2,1-3H3. The number of carbonyl (C=O) groups excluding carboxylic acids is 1. The van der Waals surface area contributed by atoms with Gasteiger partial charge in [-0.1, -0.05) is 11.6 Å². The van der Waals surface area contributed by atoms with Crippen molar-refractivity contribution in [2.75, 3.05) is 19.0 Å². The molecule has 0 fully saturated rings. The van der Waals surface area contributed by atoms with Gasteiger partial charge in [-0.3, -0.25) is 4.79 Å². The average Bonchev–Trinajstić information content (AvgIpc) is 2.27. The molecule has 4 nitrogen and oxygen atoms in total. The van der Waals surface area contributed by atoms with Crippen LogP contribution >= 0.6 is 11.6 Å². The second-order valence-electron chi connectivity index (χ2n) is 3.74. The van der Waals surface area contributed by atoms with Crippen molar-refractivity contribution in [1.29, 1.82) is 0 Å². The lowest BCUT2D eigenvalue weighted by molar-refractivity contribution is -0.145. The summed E-state index contributed by atoms with van der Waals surface area (Å²) in [7, 11) is 1.54. The summed E-state index contributed by atoms with van der Waals surface area (Å²) >= 11 is 5.88. The number of hydrogen-bond acceptors (Lipinski definition) is 4. The minimum atomic E-state index is -0.297. The van der Waals surface area contributed by atoms with Gasteiger partial charge in [-0.05, 0) is 26.0 Å². The van der Waals surface area contributed by atoms with Crippen molar-refractivity contribution in [2.45, 2.75) is 20.0 Å². The van der Waals surface area contributed by atoms with Gasteiger partial charge in [0.25, 0.3) is 0 Å². The molecule has 1 aromatic rings. The van der Waals surface area contributed by atoms with Crippen LogP contribution in [0, 0.1) is 0 Å². The molecule has 17 heavy (non-hydrogen) atoms. The van der Waals surface area contributed by atoms with E-state index in [2.05, 4.69) is 5.32 Å². The topological polar surface area (TPSA) is 47.6 Å². The lowest BCUT2D eigenvalue weighted by atomic mass is 10.3. The summed E-state index contributed by atoms with van der Waals surface area (Å²) in [5, 5.41) is 3.47. The third-order valence-electron chi connectivity index (χ3n) is 1.96. The van der Waals surface area contributed by atoms with Gasteiger partial charge in [0.1, 0.15) is 12.3 Å². The van der Waals surface area contributed by atoms with Crippen molar-refractivity contribution in [3.8, 4) is 5.75 Å². The average molecular weight is 258 g/mol. The minimum absolute atomic E-state index is 0.107. The Labute approximate surface area is 106 Å². The molecule has 0 aromatic heterocycles. The summed E-state index contributed by atoms with van der Waals surface area (Å²) < 4.78 is 10.1. The van der Waals surface area contributed by atoms with Crippen LogP contribution in [0.3, 0.4) is 0 Å². The molecule has 0 aliphatic rings. The Morgan fingerprint density at radius 1 is 1.47 bits per heavy atom. The van der Waals surface area contributed by atoms with Crippen molar-refractivity contribution in [3.05, 3.63) is 23.2 Å². The first-order valence-electron chi connectivity index (χ1n) is 5.30. The summed E-state index contributed by atoms with van der Waals surface area (Å²) in [6.07, 6.45) is -0.107. The molecule has 5 heteroatoms. The normalized spacial score (nSPS) is 10.2. The van der Waals surface area contributed by atoms with E-state index in [4.69, 9.17) is 21.1 Å². The van der Waals surface area contributed by atoms with E-state index in [1.165, 1.54) is 7.11 Å². The van der Waals surface area contributed by atoms with Crippen LogP contribution in [0.5, 0.6) is 5.75 Å². The third-order valence-corrected chi connectivity index (χ3v) is 2.27. The molecule has 1 N–H and O–H groups in total. The molecule has 0 heterocycles. The summed E-state index contributed by atoms with van der Waals surface area (Å²) in [4.78, 5) is 11.3. The zero-order chi connectivity index (χ0) is 12.8. The maximum absolute atomic E-state index is 11.3. The number of anilines is 1. The van der Waals surface area contributed by atoms with Gasteiger partial charge in [-0.2, -0.15) is 0 Å². The molecule has 0 radical (unpaired) electrons. The van der Waals surface area contributed by atoms with Crippen molar-refractivity contribution in [1.82, 2.24) is 0 Å². The number of rotatable bonds is 5. The Morgan fingerprint density at radius 2 is 2.18 bits per heavy atom. The molecule has 0 saturated carbocycles. The molecule has 1 aromatic carbocycles. The zero-order valence-corrected chi connectivity index (χ0v) is 10.9. The van der Waals surface area contributed by atoms with Gasteiger partial charge >= 0.3 is 5.97 Å². The van der Waals surface area contributed by atoms with Gasteiger partial charge < -0.3 is 14.8 Å². The van der Waals surface area contributed by atoms with E-state index in [0.29, 0.717) is 10.8 Å². The molecule has 0 aliphatic heterocycles. The highest BCUT2D eigenvalue weighted by Gasteiger charge is 2.06. The Balaban J connectivity index is 2.55. The van der Waals surface area contributed by atoms with Crippen molar-refractivity contribution < 1.29 is 14.3 Å². The Morgan fingerprint density at radius 3 is 2.76 bits per heavy atom. The number of ether oxygens (including phenoxy) is 2. The lowest BCUT2D eigenvalue weighted by Gasteiger charge is -2.10. The van der Waals surface area contributed by atoms with Crippen LogP contribution in [0.2, 0.25) is 5.02 Å². The quantitative estimate of drug-likeness (QED) is 0.824. The van der Waals surface area contributed by atoms with E-state index >= 15 is 0 Å². The SMILES string of the molecule is COc1cc(NCC(=O)OC(C)C)ccc1Cl. The van der Waals surface area contributed by atoms with Crippen molar-refractivity contribution in [2.24, 2.45) is 0 Å². The summed E-state index contributed by atoms with van der Waals surface area (Å²) in [5.74, 6) is 0.266. The molecule has 0 aliphatic carbocycles. The predicted octanol–water partition coefficient (Wildman–Crippen LogP) is 2.71. The van der Waals surface area contributed by atoms with E-state index < -0.39 is 0 Å². The Hall–Kier alpha value is -1.42. The molecule has 1 rings (SSSR count). The minimum Gasteiger partial charge on any atom is -0.495 e. The summed E-state index contributed by atoms with van der Waals surface area (Å²) in [6.45, 7) is 3.73. The van der Waals surface area contributed by atoms with Gasteiger partial charge in [0.05, 0.1) is 18.2 Å². The van der Waals surface area contributed by atoms with Gasteiger partial charge in [-0.15, -0.1) is 0 Å². The highest BCUT2D eigenvalue weighted by molar-refractivity contribution is 6.32. The Bertz CT molecular complexity index is 393. The van der Waals surface area contributed by atoms with Crippen LogP contribution in [0.15, 0.2) is 18.2 Å². The molecule has 0 bridgehead atoms. The van der Waals surface area contributed by atoms with Gasteiger partial charge in [0, 0.05) is 11.8 Å². The largest absolute Gasteiger partial charge is 0.495 e. The molecular formula is C12H16ClNO3. The zero-order valence-electron chi connectivity index (χ0n) is 10.1. The third kappa shape index (κ3) is 4.53. The number of carbonyl (C=O) groups is 1. The van der Waals surface area contributed by atoms with Crippen LogP contribution in [-0.4, -0.2) is 25.7 Å². The number of benzene rings is 1. The van der Waals surface area contributed by atoms with Gasteiger partial charge in [0.15, 0.2) is 0 Å². The van der Waals surface area contributed by atoms with Crippen LogP contribution in [0.4, 0.5) is 5.69 Å². The number of nitrogens with one attached hydrogen (secondary N) is 1. The van der Waals surface area contributed by atoms with Gasteiger partial charge in [0.2, 0.25) is 0 Å². The van der Waals surface area contributed by atoms with Crippen molar-refractivity contribution in [3.63, 3.8) is 0 Å². The summed E-state index contributed by atoms with van der Waals surface area (Å²) in [6, 6.07) is 5.20. The molecule has 0 amide bonds. The number of methoxy groups -OCH3 is 1. The first-order valence-corrected chi connectivity index (χ1v) is 5.67. The van der Waals surface area contributed by atoms with Crippen LogP contribution in [0.1, 0.15) is 13.8 Å². The molecule has 0 spiro atoms. The van der Waals surface area contributed by atoms with E-state index in [0.717, 1.165) is 5.69 Å². The van der Waals surface area contributed by atoms with Gasteiger partial charge in [-0.25, -0.2) is 0 Å². The Kier molecular flexibility index (Phi) is 5.10. The fraction of sp³-hybridized carbons (Fsp3) is 0.417. The molecule has 0 atom stereocenters. The number of halogens is 1. The highest BCUT2D eigenvalue weighted by Crippen LogP contribution is 2.27. The number of esters is 1. The predicted molar refractivity (Wildman–Crippen MR) is 67.7 cm³/mol. The fourth-order valence-electron chi connectivity index (χ4n) is 1.25. The van der Waals surface area contributed by atoms with Crippen LogP contribution in [-0.2, 0) is 9.53 Å². The number of hydrogen-bond donors (Lipinski definition) is 1. The van der Waals surface area contributed by atoms with Crippen LogP contribution < -0.4 is 10.1 Å². The summed E-state index contributed by atoms with van der Waals surface area (Å²) in [5.41, 5.74) is 0.756. The maximum atomic E-state index is 11.3. The monoisotopic (exact) mass is 257 g/mol.